The van der Waals surface area contributed by atoms with Gasteiger partial charge in [-0.3, -0.25) is 0 Å². The second-order valence-corrected chi connectivity index (χ2v) is 4.50. The number of methoxy groups -OCH3 is 1. The maximum atomic E-state index is 5.83. The van der Waals surface area contributed by atoms with Crippen LogP contribution < -0.4 is 10.1 Å². The van der Waals surface area contributed by atoms with Crippen LogP contribution in [0, 0.1) is 5.41 Å². The standard InChI is InChI=1S/C11H17ClN2O/c1-11(2,7-12)8-14-10-5-4-9(15-3)6-13-10/h4-6H,7-8H2,1-3H3,(H,13,14). The van der Waals surface area contributed by atoms with Gasteiger partial charge in [-0.1, -0.05) is 13.8 Å². The predicted octanol–water partition coefficient (Wildman–Crippen LogP) is 2.77. The van der Waals surface area contributed by atoms with Gasteiger partial charge in [0, 0.05) is 12.4 Å². The van der Waals surface area contributed by atoms with E-state index in [4.69, 9.17) is 16.3 Å². The minimum atomic E-state index is 0.0726. The molecule has 15 heavy (non-hydrogen) atoms. The summed E-state index contributed by atoms with van der Waals surface area (Å²) in [6.45, 7) is 5.02. The molecular formula is C11H17ClN2O. The number of pyridine rings is 1. The molecule has 0 unspecified atom stereocenters. The fourth-order valence-electron chi connectivity index (χ4n) is 0.983. The quantitative estimate of drug-likeness (QED) is 0.787. The number of anilines is 1. The summed E-state index contributed by atoms with van der Waals surface area (Å²) < 4.78 is 5.02. The average molecular weight is 229 g/mol. The summed E-state index contributed by atoms with van der Waals surface area (Å²) in [7, 11) is 1.63. The number of halogens is 1. The number of rotatable bonds is 5. The van der Waals surface area contributed by atoms with E-state index in [1.807, 2.05) is 12.1 Å². The van der Waals surface area contributed by atoms with Crippen molar-refractivity contribution < 1.29 is 4.74 Å². The van der Waals surface area contributed by atoms with Gasteiger partial charge in [-0.15, -0.1) is 11.6 Å². The summed E-state index contributed by atoms with van der Waals surface area (Å²) in [4.78, 5) is 4.21. The van der Waals surface area contributed by atoms with Crippen LogP contribution in [0.2, 0.25) is 0 Å². The third-order valence-electron chi connectivity index (χ3n) is 2.08. The topological polar surface area (TPSA) is 34.1 Å². The summed E-state index contributed by atoms with van der Waals surface area (Å²) in [5.41, 5.74) is 0.0726. The molecule has 1 aromatic rings. The zero-order chi connectivity index (χ0) is 11.3. The first kappa shape index (κ1) is 12.1. The number of nitrogens with zero attached hydrogens (tertiary/aromatic N) is 1. The van der Waals surface area contributed by atoms with Crippen molar-refractivity contribution in [2.45, 2.75) is 13.8 Å². The first-order valence-corrected chi connectivity index (χ1v) is 5.41. The van der Waals surface area contributed by atoms with E-state index in [2.05, 4.69) is 24.1 Å². The van der Waals surface area contributed by atoms with Crippen LogP contribution in [-0.2, 0) is 0 Å². The lowest BCUT2D eigenvalue weighted by Gasteiger charge is -2.21. The van der Waals surface area contributed by atoms with Crippen LogP contribution in [0.3, 0.4) is 0 Å². The highest BCUT2D eigenvalue weighted by Gasteiger charge is 2.15. The van der Waals surface area contributed by atoms with Crippen molar-refractivity contribution in [3.05, 3.63) is 18.3 Å². The van der Waals surface area contributed by atoms with Gasteiger partial charge in [-0.2, -0.15) is 0 Å². The molecule has 1 heterocycles. The summed E-state index contributed by atoms with van der Waals surface area (Å²) in [5, 5.41) is 3.24. The lowest BCUT2D eigenvalue weighted by Crippen LogP contribution is -2.24. The lowest BCUT2D eigenvalue weighted by atomic mass is 9.97. The highest BCUT2D eigenvalue weighted by Crippen LogP contribution is 2.18. The normalized spacial score (nSPS) is 11.2. The first-order chi connectivity index (χ1) is 7.07. The molecule has 84 valence electrons. The fraction of sp³-hybridized carbons (Fsp3) is 0.545. The Morgan fingerprint density at radius 1 is 1.47 bits per heavy atom. The lowest BCUT2D eigenvalue weighted by molar-refractivity contribution is 0.413. The molecular weight excluding hydrogens is 212 g/mol. The Kier molecular flexibility index (Phi) is 4.21. The van der Waals surface area contributed by atoms with Gasteiger partial charge in [0.15, 0.2) is 0 Å². The van der Waals surface area contributed by atoms with Crippen LogP contribution in [0.4, 0.5) is 5.82 Å². The molecule has 0 aliphatic heterocycles. The summed E-state index contributed by atoms with van der Waals surface area (Å²) in [6.07, 6.45) is 1.69. The first-order valence-electron chi connectivity index (χ1n) is 4.87. The third kappa shape index (κ3) is 3.96. The molecule has 0 aliphatic carbocycles. The smallest absolute Gasteiger partial charge is 0.137 e. The maximum absolute atomic E-state index is 5.83. The number of alkyl halides is 1. The number of nitrogens with one attached hydrogen (secondary N) is 1. The van der Waals surface area contributed by atoms with Gasteiger partial charge in [0.25, 0.3) is 0 Å². The minimum Gasteiger partial charge on any atom is -0.495 e. The van der Waals surface area contributed by atoms with Gasteiger partial charge >= 0.3 is 0 Å². The van der Waals surface area contributed by atoms with Gasteiger partial charge in [-0.05, 0) is 17.5 Å². The van der Waals surface area contributed by atoms with Crippen molar-refractivity contribution in [3.8, 4) is 5.75 Å². The Labute approximate surface area is 95.8 Å². The van der Waals surface area contributed by atoms with Crippen LogP contribution in [0.5, 0.6) is 5.75 Å². The third-order valence-corrected chi connectivity index (χ3v) is 2.81. The summed E-state index contributed by atoms with van der Waals surface area (Å²) in [6, 6.07) is 3.77. The monoisotopic (exact) mass is 228 g/mol. The average Bonchev–Trinajstić information content (AvgIpc) is 2.27. The van der Waals surface area contributed by atoms with E-state index in [0.717, 1.165) is 18.1 Å². The molecule has 0 spiro atoms. The number of hydrogen-bond acceptors (Lipinski definition) is 3. The van der Waals surface area contributed by atoms with Crippen LogP contribution in [-0.4, -0.2) is 24.5 Å². The Morgan fingerprint density at radius 2 is 2.20 bits per heavy atom. The molecule has 4 heteroatoms. The molecule has 0 atom stereocenters. The molecule has 1 N–H and O–H groups in total. The highest BCUT2D eigenvalue weighted by atomic mass is 35.5. The van der Waals surface area contributed by atoms with E-state index in [0.29, 0.717) is 5.88 Å². The predicted molar refractivity (Wildman–Crippen MR) is 63.8 cm³/mol. The van der Waals surface area contributed by atoms with E-state index in [-0.39, 0.29) is 5.41 Å². The maximum Gasteiger partial charge on any atom is 0.137 e. The summed E-state index contributed by atoms with van der Waals surface area (Å²) >= 11 is 5.83. The van der Waals surface area contributed by atoms with Crippen molar-refractivity contribution in [2.75, 3.05) is 24.9 Å². The van der Waals surface area contributed by atoms with Crippen molar-refractivity contribution >= 4 is 17.4 Å². The Bertz CT molecular complexity index is 298. The Morgan fingerprint density at radius 3 is 2.67 bits per heavy atom. The second kappa shape index (κ2) is 5.21. The van der Waals surface area contributed by atoms with E-state index >= 15 is 0 Å². The van der Waals surface area contributed by atoms with Crippen molar-refractivity contribution in [2.24, 2.45) is 5.41 Å². The zero-order valence-electron chi connectivity index (χ0n) is 9.38. The van der Waals surface area contributed by atoms with Crippen LogP contribution in [0.15, 0.2) is 18.3 Å². The zero-order valence-corrected chi connectivity index (χ0v) is 10.1. The SMILES string of the molecule is COc1ccc(NCC(C)(C)CCl)nc1. The van der Waals surface area contributed by atoms with E-state index in [1.54, 1.807) is 13.3 Å². The second-order valence-electron chi connectivity index (χ2n) is 4.23. The van der Waals surface area contributed by atoms with Crippen molar-refractivity contribution in [1.29, 1.82) is 0 Å². The largest absolute Gasteiger partial charge is 0.495 e. The van der Waals surface area contributed by atoms with Gasteiger partial charge in [0.2, 0.25) is 0 Å². The molecule has 0 aromatic carbocycles. The molecule has 0 fully saturated rings. The fourth-order valence-corrected chi connectivity index (χ4v) is 1.08. The molecule has 0 saturated carbocycles. The molecule has 0 saturated heterocycles. The Balaban J connectivity index is 2.51. The van der Waals surface area contributed by atoms with Crippen LogP contribution in [0.25, 0.3) is 0 Å². The number of hydrogen-bond donors (Lipinski definition) is 1. The van der Waals surface area contributed by atoms with E-state index in [1.165, 1.54) is 0 Å². The van der Waals surface area contributed by atoms with Crippen LogP contribution >= 0.6 is 11.6 Å². The summed E-state index contributed by atoms with van der Waals surface area (Å²) in [5.74, 6) is 2.22. The van der Waals surface area contributed by atoms with Gasteiger partial charge < -0.3 is 10.1 Å². The molecule has 3 nitrogen and oxygen atoms in total. The van der Waals surface area contributed by atoms with E-state index < -0.39 is 0 Å². The van der Waals surface area contributed by atoms with Gasteiger partial charge in [0.05, 0.1) is 13.3 Å². The minimum absolute atomic E-state index is 0.0726. The van der Waals surface area contributed by atoms with Crippen LogP contribution in [0.1, 0.15) is 13.8 Å². The molecule has 1 rings (SSSR count). The number of ether oxygens (including phenoxy) is 1. The molecule has 0 amide bonds. The highest BCUT2D eigenvalue weighted by molar-refractivity contribution is 6.18. The van der Waals surface area contributed by atoms with E-state index in [9.17, 15) is 0 Å². The van der Waals surface area contributed by atoms with Gasteiger partial charge in [0.1, 0.15) is 11.6 Å². The molecule has 0 radical (unpaired) electrons. The van der Waals surface area contributed by atoms with Gasteiger partial charge in [-0.25, -0.2) is 4.98 Å². The Hall–Kier alpha value is -0.960. The number of aromatic nitrogens is 1. The van der Waals surface area contributed by atoms with Crippen molar-refractivity contribution in [3.63, 3.8) is 0 Å². The molecule has 1 aromatic heterocycles. The van der Waals surface area contributed by atoms with Crippen molar-refractivity contribution in [1.82, 2.24) is 4.98 Å². The molecule has 0 aliphatic rings. The molecule has 0 bridgehead atoms.